The van der Waals surface area contributed by atoms with Crippen molar-refractivity contribution in [2.45, 2.75) is 36.1 Å². The van der Waals surface area contributed by atoms with Crippen LogP contribution in [0.4, 0.5) is 0 Å². The summed E-state index contributed by atoms with van der Waals surface area (Å²) in [5, 5.41) is 0. The number of aryl methyl sites for hydroxylation is 1. The van der Waals surface area contributed by atoms with E-state index in [1.807, 2.05) is 28.6 Å². The van der Waals surface area contributed by atoms with Crippen LogP contribution in [0, 0.1) is 6.92 Å². The molecule has 1 rings (SSSR count). The molecular weight excluding hydrogens is 236 g/mol. The highest BCUT2D eigenvalue weighted by atomic mass is 32.2. The zero-order valence-corrected chi connectivity index (χ0v) is 12.0. The highest BCUT2D eigenvalue weighted by Gasteiger charge is 2.19. The van der Waals surface area contributed by atoms with Crippen molar-refractivity contribution in [2.24, 2.45) is 0 Å². The lowest BCUT2D eigenvalue weighted by atomic mass is 10.2. The number of hydrogen-bond donors (Lipinski definition) is 1. The molecular formula is C11H17MgO3S+2. The molecule has 7 radical (unpaired) electrons. The van der Waals surface area contributed by atoms with Crippen molar-refractivity contribution in [1.82, 2.24) is 0 Å². The third-order valence-corrected chi connectivity index (χ3v) is 3.29. The molecule has 0 amide bonds. The van der Waals surface area contributed by atoms with E-state index in [-0.39, 0.29) is 4.90 Å². The Labute approximate surface area is 110 Å². The molecule has 0 aliphatic heterocycles. The smallest absolute Gasteiger partial charge is 0.282 e. The summed E-state index contributed by atoms with van der Waals surface area (Å²) in [6.45, 7) is 4.06. The Morgan fingerprint density at radius 3 is 2.00 bits per heavy atom. The summed E-state index contributed by atoms with van der Waals surface area (Å²) in [4.78, 5) is -0.0666. The maximum atomic E-state index is 10.5. The van der Waals surface area contributed by atoms with E-state index < -0.39 is 10.1 Å². The molecule has 5 heteroatoms. The fourth-order valence-electron chi connectivity index (χ4n) is 0.960. The number of benzene rings is 1. The molecule has 0 aliphatic carbocycles. The van der Waals surface area contributed by atoms with Crippen molar-refractivity contribution < 1.29 is 13.0 Å². The van der Waals surface area contributed by atoms with Crippen molar-refractivity contribution in [3.63, 3.8) is 0 Å². The van der Waals surface area contributed by atoms with Crippen LogP contribution >= 0.6 is 0 Å². The highest BCUT2D eigenvalue weighted by molar-refractivity contribution is 7.85. The lowest BCUT2D eigenvalue weighted by Crippen LogP contribution is -1.96. The maximum absolute atomic E-state index is 10.5. The molecule has 0 heterocycles. The van der Waals surface area contributed by atoms with Gasteiger partial charge in [-0.05, 0) is 25.5 Å². The normalized spacial score (nSPS) is 10.5. The van der Waals surface area contributed by atoms with Gasteiger partial charge in [-0.3, -0.25) is 4.55 Å². The molecule has 0 fully saturated rings. The molecule has 0 bridgehead atoms. The highest BCUT2D eigenvalue weighted by Crippen LogP contribution is 2.08. The fourth-order valence-corrected chi connectivity index (χ4v) is 1.94. The number of hydrogen-bond acceptors (Lipinski definition) is 2. The minimum absolute atomic E-state index is 0.0666. The van der Waals surface area contributed by atoms with Gasteiger partial charge in [-0.1, -0.05) is 24.6 Å². The average Bonchev–Trinajstić information content (AvgIpc) is 2.19. The Morgan fingerprint density at radius 1 is 1.25 bits per heavy atom. The Bertz CT molecular complexity index is 382. The Hall–Kier alpha value is -0.104. The second-order valence-corrected chi connectivity index (χ2v) is 5.62. The van der Waals surface area contributed by atoms with Crippen LogP contribution in [0.1, 0.15) is 25.3 Å². The van der Waals surface area contributed by atoms with E-state index in [0.717, 1.165) is 5.56 Å². The summed E-state index contributed by atoms with van der Waals surface area (Å²) in [5.74, 6) is 0. The van der Waals surface area contributed by atoms with E-state index in [1.54, 1.807) is 12.1 Å². The quantitative estimate of drug-likeness (QED) is 0.665. The van der Waals surface area contributed by atoms with Crippen LogP contribution in [0.3, 0.4) is 0 Å². The average molecular weight is 254 g/mol. The molecule has 1 aromatic rings. The molecule has 0 aliphatic rings. The van der Waals surface area contributed by atoms with E-state index in [1.165, 1.54) is 29.5 Å². The SMILES string of the molecule is CCC[CH2][Mg+2].Cc1ccc(S(=O)(=O)O)cc1. The molecule has 3 nitrogen and oxygen atoms in total. The van der Waals surface area contributed by atoms with Gasteiger partial charge >= 0.3 is 21.7 Å². The summed E-state index contributed by atoms with van der Waals surface area (Å²) in [7, 11) is -4.02. The first-order valence-corrected chi connectivity index (χ1v) is 7.69. The molecule has 16 heavy (non-hydrogen) atoms. The van der Waals surface area contributed by atoms with Gasteiger partial charge in [0.05, 0.1) is 4.90 Å². The predicted octanol–water partition coefficient (Wildman–Crippen LogP) is 2.62. The molecule has 0 spiro atoms. The summed E-state index contributed by atoms with van der Waals surface area (Å²) in [6, 6.07) is 5.99. The zero-order chi connectivity index (χ0) is 12.6. The Kier molecular flexibility index (Phi) is 8.00. The molecule has 0 unspecified atom stereocenters. The summed E-state index contributed by atoms with van der Waals surface area (Å²) in [5.41, 5.74) is 0.956. The van der Waals surface area contributed by atoms with Gasteiger partial charge in [0.25, 0.3) is 14.7 Å². The molecule has 1 aromatic carbocycles. The summed E-state index contributed by atoms with van der Waals surface area (Å²) in [6.07, 6.45) is 2.75. The zero-order valence-electron chi connectivity index (χ0n) is 9.81. The Balaban J connectivity index is 0.000000385. The maximum Gasteiger partial charge on any atom is 1.41 e. The third-order valence-electron chi connectivity index (χ3n) is 1.92. The first kappa shape index (κ1) is 15.9. The van der Waals surface area contributed by atoms with Crippen molar-refractivity contribution in [1.29, 1.82) is 0 Å². The van der Waals surface area contributed by atoms with Gasteiger partial charge in [-0.25, -0.2) is 0 Å². The number of rotatable bonds is 3. The van der Waals surface area contributed by atoms with E-state index >= 15 is 0 Å². The van der Waals surface area contributed by atoms with Crippen molar-refractivity contribution in [3.8, 4) is 0 Å². The summed E-state index contributed by atoms with van der Waals surface area (Å²) >= 11 is 2.05. The topological polar surface area (TPSA) is 54.4 Å². The minimum atomic E-state index is -4.02. The van der Waals surface area contributed by atoms with E-state index in [0.29, 0.717) is 0 Å². The lowest BCUT2D eigenvalue weighted by Gasteiger charge is -1.95. The molecule has 0 saturated carbocycles. The second kappa shape index (κ2) is 8.06. The number of unbranched alkanes of at least 4 members (excludes halogenated alkanes) is 1. The Morgan fingerprint density at radius 2 is 1.75 bits per heavy atom. The van der Waals surface area contributed by atoms with Crippen LogP contribution in [-0.2, 0) is 10.1 Å². The lowest BCUT2D eigenvalue weighted by molar-refractivity contribution is 0.483. The first-order chi connectivity index (χ1) is 7.41. The van der Waals surface area contributed by atoms with Crippen LogP contribution in [0.2, 0.25) is 4.55 Å². The van der Waals surface area contributed by atoms with Gasteiger partial charge in [0, 0.05) is 6.42 Å². The van der Waals surface area contributed by atoms with Gasteiger partial charge < -0.3 is 0 Å². The van der Waals surface area contributed by atoms with Gasteiger partial charge in [0.1, 0.15) is 0 Å². The van der Waals surface area contributed by atoms with E-state index in [4.69, 9.17) is 4.55 Å². The van der Waals surface area contributed by atoms with Crippen LogP contribution < -0.4 is 0 Å². The van der Waals surface area contributed by atoms with Crippen molar-refractivity contribution in [2.75, 3.05) is 0 Å². The fraction of sp³-hybridized carbons (Fsp3) is 0.455. The van der Waals surface area contributed by atoms with Gasteiger partial charge in [-0.15, -0.1) is 0 Å². The molecule has 1 N–H and O–H groups in total. The monoisotopic (exact) mass is 253 g/mol. The van der Waals surface area contributed by atoms with Crippen LogP contribution in [0.5, 0.6) is 0 Å². The third kappa shape index (κ3) is 7.22. The second-order valence-electron chi connectivity index (χ2n) is 3.50. The van der Waals surface area contributed by atoms with Crippen LogP contribution in [0.25, 0.3) is 0 Å². The van der Waals surface area contributed by atoms with E-state index in [9.17, 15) is 8.42 Å². The van der Waals surface area contributed by atoms with Crippen molar-refractivity contribution in [3.05, 3.63) is 29.8 Å². The molecule has 0 saturated heterocycles. The van der Waals surface area contributed by atoms with Gasteiger partial charge in [-0.2, -0.15) is 8.42 Å². The largest absolute Gasteiger partial charge is 1.41 e. The van der Waals surface area contributed by atoms with Gasteiger partial charge in [0.15, 0.2) is 0 Å². The molecule has 0 aromatic heterocycles. The minimum Gasteiger partial charge on any atom is -0.282 e. The van der Waals surface area contributed by atoms with Crippen molar-refractivity contribution >= 4 is 31.8 Å². The molecule has 85 valence electrons. The summed E-state index contributed by atoms with van der Waals surface area (Å²) < 4.78 is 30.9. The van der Waals surface area contributed by atoms with Gasteiger partial charge in [0.2, 0.25) is 0 Å². The standard InChI is InChI=1S/C7H8O3S.C4H9.Mg/c1-6-2-4-7(5-3-6)11(8,9)10;1-3-4-2;/h2-5H,1H3,(H,8,9,10);1,3-4H2,2H3;/q;;+2. The molecule has 0 atom stereocenters. The first-order valence-electron chi connectivity index (χ1n) is 5.25. The predicted molar refractivity (Wildman–Crippen MR) is 66.5 cm³/mol. The van der Waals surface area contributed by atoms with E-state index in [2.05, 4.69) is 6.92 Å². The van der Waals surface area contributed by atoms with Crippen LogP contribution in [0.15, 0.2) is 29.2 Å². The van der Waals surface area contributed by atoms with Crippen LogP contribution in [-0.4, -0.2) is 34.7 Å².